The zero-order valence-electron chi connectivity index (χ0n) is 13.5. The quantitative estimate of drug-likeness (QED) is 0.701. The van der Waals surface area contributed by atoms with Crippen molar-refractivity contribution in [3.63, 3.8) is 0 Å². The summed E-state index contributed by atoms with van der Waals surface area (Å²) >= 11 is 0. The minimum atomic E-state index is -4.48. The summed E-state index contributed by atoms with van der Waals surface area (Å²) in [7, 11) is 0. The van der Waals surface area contributed by atoms with Crippen molar-refractivity contribution in [3.8, 4) is 5.75 Å². The number of fused-ring (bicyclic) bond motifs is 1. The normalized spacial score (nSPS) is 12.7. The Morgan fingerprint density at radius 2 is 1.69 bits per heavy atom. The van der Waals surface area contributed by atoms with E-state index in [2.05, 4.69) is 0 Å². The van der Waals surface area contributed by atoms with Crippen LogP contribution in [0.3, 0.4) is 0 Å². The first kappa shape index (κ1) is 17.8. The highest BCUT2D eigenvalue weighted by Crippen LogP contribution is 2.30. The van der Waals surface area contributed by atoms with Crippen LogP contribution in [0.4, 0.5) is 13.2 Å². The van der Waals surface area contributed by atoms with E-state index in [0.29, 0.717) is 5.75 Å². The molecule has 1 N–H and O–H groups in total. The topological polar surface area (TPSA) is 46.5 Å². The van der Waals surface area contributed by atoms with Crippen LogP contribution in [0, 0.1) is 0 Å². The van der Waals surface area contributed by atoms with Gasteiger partial charge in [-0.05, 0) is 23.1 Å². The third-order valence-electron chi connectivity index (χ3n) is 3.97. The maximum Gasteiger partial charge on any atom is 0.416 e. The molecule has 0 saturated carbocycles. The van der Waals surface area contributed by atoms with Crippen LogP contribution in [0.5, 0.6) is 5.75 Å². The average molecular weight is 360 g/mol. The Morgan fingerprint density at radius 3 is 2.42 bits per heavy atom. The molecule has 0 saturated heterocycles. The highest BCUT2D eigenvalue weighted by atomic mass is 19.4. The summed E-state index contributed by atoms with van der Waals surface area (Å²) in [5, 5.41) is 11.1. The lowest BCUT2D eigenvalue weighted by molar-refractivity contribution is -0.144. The summed E-state index contributed by atoms with van der Waals surface area (Å²) in [5.74, 6) is -0.863. The Kier molecular flexibility index (Phi) is 4.84. The molecular formula is C20H15F3O3. The van der Waals surface area contributed by atoms with E-state index >= 15 is 0 Å². The van der Waals surface area contributed by atoms with Gasteiger partial charge in [0.1, 0.15) is 5.75 Å². The number of carbonyl (C=O) groups is 1. The number of halogens is 3. The van der Waals surface area contributed by atoms with Gasteiger partial charge >= 0.3 is 12.1 Å². The molecule has 3 aromatic carbocycles. The first-order valence-corrected chi connectivity index (χ1v) is 7.88. The van der Waals surface area contributed by atoms with Gasteiger partial charge in [-0.2, -0.15) is 13.2 Å². The fourth-order valence-electron chi connectivity index (χ4n) is 2.72. The number of hydrogen-bond acceptors (Lipinski definition) is 2. The van der Waals surface area contributed by atoms with E-state index in [1.54, 1.807) is 24.3 Å². The molecular weight excluding hydrogens is 345 g/mol. The van der Waals surface area contributed by atoms with Crippen molar-refractivity contribution < 1.29 is 27.8 Å². The van der Waals surface area contributed by atoms with E-state index in [-0.39, 0.29) is 12.0 Å². The molecule has 0 aliphatic heterocycles. The Hall–Kier alpha value is -3.02. The van der Waals surface area contributed by atoms with Crippen LogP contribution in [0.15, 0.2) is 66.7 Å². The number of carboxylic acids is 1. The lowest BCUT2D eigenvalue weighted by Gasteiger charge is -2.17. The molecule has 0 amide bonds. The molecule has 3 rings (SSSR count). The van der Waals surface area contributed by atoms with Gasteiger partial charge in [0.05, 0.1) is 5.56 Å². The van der Waals surface area contributed by atoms with E-state index < -0.39 is 23.8 Å². The molecule has 0 aliphatic carbocycles. The highest BCUT2D eigenvalue weighted by Gasteiger charge is 2.31. The fourth-order valence-corrected chi connectivity index (χ4v) is 2.72. The fraction of sp³-hybridized carbons (Fsp3) is 0.150. The molecule has 3 nitrogen and oxygen atoms in total. The molecule has 0 spiro atoms. The number of benzene rings is 3. The first-order valence-electron chi connectivity index (χ1n) is 7.88. The Bertz CT molecular complexity index is 929. The predicted octanol–water partition coefficient (Wildman–Crippen LogP) is 4.93. The van der Waals surface area contributed by atoms with Crippen LogP contribution in [0.1, 0.15) is 11.1 Å². The van der Waals surface area contributed by atoms with Crippen LogP contribution in [-0.2, 0) is 17.4 Å². The van der Waals surface area contributed by atoms with Gasteiger partial charge in [-0.25, -0.2) is 4.79 Å². The van der Waals surface area contributed by atoms with Gasteiger partial charge in [0, 0.05) is 11.8 Å². The van der Waals surface area contributed by atoms with Crippen molar-refractivity contribution in [2.75, 3.05) is 0 Å². The van der Waals surface area contributed by atoms with E-state index in [1.165, 1.54) is 12.1 Å². The summed E-state index contributed by atoms with van der Waals surface area (Å²) in [6.07, 6.45) is -5.96. The molecule has 0 unspecified atom stereocenters. The third-order valence-corrected chi connectivity index (χ3v) is 3.97. The highest BCUT2D eigenvalue weighted by molar-refractivity contribution is 5.88. The second-order valence-corrected chi connectivity index (χ2v) is 5.82. The molecule has 0 fully saturated rings. The number of aliphatic carboxylic acids is 1. The van der Waals surface area contributed by atoms with Crippen LogP contribution in [0.2, 0.25) is 0 Å². The van der Waals surface area contributed by atoms with E-state index in [9.17, 15) is 23.1 Å². The molecule has 3 aromatic rings. The van der Waals surface area contributed by atoms with Crippen molar-refractivity contribution in [2.45, 2.75) is 18.7 Å². The van der Waals surface area contributed by atoms with Crippen LogP contribution >= 0.6 is 0 Å². The van der Waals surface area contributed by atoms with Gasteiger partial charge in [0.2, 0.25) is 0 Å². The Morgan fingerprint density at radius 1 is 1.00 bits per heavy atom. The summed E-state index contributed by atoms with van der Waals surface area (Å²) in [6.45, 7) is 0. The maximum atomic E-state index is 12.8. The third kappa shape index (κ3) is 3.96. The molecule has 134 valence electrons. The number of hydrogen-bond donors (Lipinski definition) is 1. The van der Waals surface area contributed by atoms with Crippen molar-refractivity contribution in [1.29, 1.82) is 0 Å². The van der Waals surface area contributed by atoms with E-state index in [4.69, 9.17) is 4.74 Å². The zero-order valence-corrected chi connectivity index (χ0v) is 13.5. The molecule has 1 atom stereocenters. The molecule has 0 radical (unpaired) electrons. The second-order valence-electron chi connectivity index (χ2n) is 5.82. The lowest BCUT2D eigenvalue weighted by Crippen LogP contribution is -2.29. The summed E-state index contributed by atoms with van der Waals surface area (Å²) in [6, 6.07) is 17.2. The van der Waals surface area contributed by atoms with Gasteiger partial charge in [0.15, 0.2) is 6.10 Å². The second kappa shape index (κ2) is 7.07. The van der Waals surface area contributed by atoms with Gasteiger partial charge in [0.25, 0.3) is 0 Å². The van der Waals surface area contributed by atoms with Crippen LogP contribution < -0.4 is 4.74 Å². The van der Waals surface area contributed by atoms with Gasteiger partial charge < -0.3 is 9.84 Å². The maximum absolute atomic E-state index is 12.8. The number of alkyl halides is 3. The van der Waals surface area contributed by atoms with Crippen molar-refractivity contribution in [1.82, 2.24) is 0 Å². The van der Waals surface area contributed by atoms with E-state index in [1.807, 2.05) is 18.2 Å². The van der Waals surface area contributed by atoms with Crippen molar-refractivity contribution in [3.05, 3.63) is 77.9 Å². The Labute approximate surface area is 147 Å². The van der Waals surface area contributed by atoms with Crippen LogP contribution in [0.25, 0.3) is 10.8 Å². The molecule has 26 heavy (non-hydrogen) atoms. The molecule has 0 heterocycles. The first-order chi connectivity index (χ1) is 12.3. The van der Waals surface area contributed by atoms with E-state index in [0.717, 1.165) is 22.9 Å². The van der Waals surface area contributed by atoms with Gasteiger partial charge in [-0.1, -0.05) is 54.6 Å². The SMILES string of the molecule is O=C(O)[C@H](Cc1cccc(C(F)(F)F)c1)Oc1cccc2ccccc12. The summed E-state index contributed by atoms with van der Waals surface area (Å²) in [5.41, 5.74) is -0.572. The zero-order chi connectivity index (χ0) is 18.7. The molecule has 0 aromatic heterocycles. The van der Waals surface area contributed by atoms with Crippen molar-refractivity contribution >= 4 is 16.7 Å². The predicted molar refractivity (Wildman–Crippen MR) is 91.1 cm³/mol. The lowest BCUT2D eigenvalue weighted by atomic mass is 10.0. The number of carboxylic acid groups (broad SMARTS) is 1. The van der Waals surface area contributed by atoms with Crippen molar-refractivity contribution in [2.24, 2.45) is 0 Å². The number of rotatable bonds is 5. The molecule has 0 bridgehead atoms. The summed E-state index contributed by atoms with van der Waals surface area (Å²) in [4.78, 5) is 11.6. The molecule has 0 aliphatic rings. The minimum absolute atomic E-state index is 0.178. The monoisotopic (exact) mass is 360 g/mol. The minimum Gasteiger partial charge on any atom is -0.478 e. The smallest absolute Gasteiger partial charge is 0.416 e. The summed E-state index contributed by atoms with van der Waals surface area (Å²) < 4.78 is 44.2. The Balaban J connectivity index is 1.88. The van der Waals surface area contributed by atoms with Gasteiger partial charge in [-0.15, -0.1) is 0 Å². The number of ether oxygens (including phenoxy) is 1. The largest absolute Gasteiger partial charge is 0.478 e. The standard InChI is InChI=1S/C20H15F3O3/c21-20(22,23)15-8-3-5-13(11-15)12-18(19(24)25)26-17-10-4-7-14-6-1-2-9-16(14)17/h1-11,18H,12H2,(H,24,25)/t18-/m0/s1. The molecule has 6 heteroatoms. The van der Waals surface area contributed by atoms with Crippen LogP contribution in [-0.4, -0.2) is 17.2 Å². The average Bonchev–Trinajstić information content (AvgIpc) is 2.61. The van der Waals surface area contributed by atoms with Gasteiger partial charge in [-0.3, -0.25) is 0 Å².